The zero-order chi connectivity index (χ0) is 22.4. The predicted molar refractivity (Wildman–Crippen MR) is 118 cm³/mol. The van der Waals surface area contributed by atoms with E-state index < -0.39 is 10.1 Å². The summed E-state index contributed by atoms with van der Waals surface area (Å²) < 4.78 is 40.9. The van der Waals surface area contributed by atoms with Gasteiger partial charge in [-0.3, -0.25) is 4.90 Å². The Morgan fingerprint density at radius 3 is 2.29 bits per heavy atom. The minimum atomic E-state index is -4.05. The van der Waals surface area contributed by atoms with Crippen LogP contribution in [0.15, 0.2) is 47.4 Å². The van der Waals surface area contributed by atoms with Crippen LogP contribution in [-0.4, -0.2) is 53.2 Å². The molecule has 2 aromatic rings. The Balaban J connectivity index is 1.70. The molecule has 1 heterocycles. The Bertz CT molecular complexity index is 1010. The van der Waals surface area contributed by atoms with E-state index >= 15 is 0 Å². The van der Waals surface area contributed by atoms with E-state index in [2.05, 4.69) is 6.92 Å². The fraction of sp³-hybridized carbons (Fsp3) is 0.409. The number of benzene rings is 2. The van der Waals surface area contributed by atoms with Crippen LogP contribution in [-0.2, 0) is 10.1 Å². The third-order valence-electron chi connectivity index (χ3n) is 5.12. The fourth-order valence-corrected chi connectivity index (χ4v) is 4.34. The molecule has 0 saturated carbocycles. The van der Waals surface area contributed by atoms with Gasteiger partial charge in [0.1, 0.15) is 10.6 Å². The first kappa shape index (κ1) is 22.7. The van der Waals surface area contributed by atoms with E-state index in [0.717, 1.165) is 25.8 Å². The summed E-state index contributed by atoms with van der Waals surface area (Å²) in [7, 11) is -1.10. The van der Waals surface area contributed by atoms with Gasteiger partial charge in [0.05, 0.1) is 14.2 Å². The summed E-state index contributed by atoms with van der Waals surface area (Å²) in [4.78, 5) is 16.1. The Morgan fingerprint density at radius 1 is 0.935 bits per heavy atom. The average molecular weight is 449 g/mol. The lowest BCUT2D eigenvalue weighted by Crippen LogP contribution is -2.32. The number of anilines is 1. The Kier molecular flexibility index (Phi) is 7.27. The fourth-order valence-electron chi connectivity index (χ4n) is 3.42. The number of unbranched alkanes of at least 4 members (excludes halogenated alkanes) is 2. The van der Waals surface area contributed by atoms with Crippen molar-refractivity contribution in [1.29, 1.82) is 0 Å². The number of urea groups is 1. The van der Waals surface area contributed by atoms with E-state index in [-0.39, 0.29) is 16.7 Å². The normalized spacial score (nSPS) is 14.1. The van der Waals surface area contributed by atoms with Crippen molar-refractivity contribution < 1.29 is 26.9 Å². The lowest BCUT2D eigenvalue weighted by molar-refractivity contribution is 0.219. The van der Waals surface area contributed by atoms with E-state index in [0.29, 0.717) is 30.3 Å². The maximum Gasteiger partial charge on any atom is 0.339 e. The molecule has 168 valence electrons. The van der Waals surface area contributed by atoms with Crippen molar-refractivity contribution >= 4 is 21.8 Å². The van der Waals surface area contributed by atoms with Crippen molar-refractivity contribution in [3.05, 3.63) is 42.5 Å². The molecule has 0 atom stereocenters. The smallest absolute Gasteiger partial charge is 0.339 e. The average Bonchev–Trinajstić information content (AvgIpc) is 3.14. The van der Waals surface area contributed by atoms with Gasteiger partial charge in [0.15, 0.2) is 11.5 Å². The van der Waals surface area contributed by atoms with Gasteiger partial charge < -0.3 is 18.6 Å². The molecule has 0 bridgehead atoms. The summed E-state index contributed by atoms with van der Waals surface area (Å²) in [6.07, 6.45) is 3.18. The summed E-state index contributed by atoms with van der Waals surface area (Å²) >= 11 is 0. The second-order valence-corrected chi connectivity index (χ2v) is 8.72. The van der Waals surface area contributed by atoms with Gasteiger partial charge in [-0.2, -0.15) is 8.42 Å². The largest absolute Gasteiger partial charge is 0.493 e. The molecular weight excluding hydrogens is 420 g/mol. The van der Waals surface area contributed by atoms with Gasteiger partial charge in [-0.05, 0) is 42.8 Å². The second kappa shape index (κ2) is 9.91. The highest BCUT2D eigenvalue weighted by Crippen LogP contribution is 2.32. The number of nitrogens with zero attached hydrogens (tertiary/aromatic N) is 2. The standard InChI is InChI=1S/C22H28N2O6S/c1-4-5-6-13-23-14-15-24(22(23)25)17-7-10-19(11-8-17)31(26,27)30-18-9-12-20(28-2)21(16-18)29-3/h7-12,16H,4-6,13-15H2,1-3H3. The monoisotopic (exact) mass is 448 g/mol. The summed E-state index contributed by atoms with van der Waals surface area (Å²) in [5.74, 6) is 0.941. The molecule has 2 aromatic carbocycles. The molecule has 1 fully saturated rings. The Labute approximate surface area is 183 Å². The van der Waals surface area contributed by atoms with Crippen LogP contribution in [0.25, 0.3) is 0 Å². The van der Waals surface area contributed by atoms with Crippen molar-refractivity contribution in [2.45, 2.75) is 31.1 Å². The molecule has 1 saturated heterocycles. The number of carbonyl (C=O) groups excluding carboxylic acids is 1. The van der Waals surface area contributed by atoms with Gasteiger partial charge in [0.2, 0.25) is 0 Å². The maximum absolute atomic E-state index is 12.7. The number of methoxy groups -OCH3 is 2. The summed E-state index contributed by atoms with van der Waals surface area (Å²) in [6, 6.07) is 10.6. The van der Waals surface area contributed by atoms with Crippen LogP contribution >= 0.6 is 0 Å². The van der Waals surface area contributed by atoms with Crippen LogP contribution in [0.3, 0.4) is 0 Å². The first-order valence-corrected chi connectivity index (χ1v) is 11.6. The lowest BCUT2D eigenvalue weighted by Gasteiger charge is -2.19. The highest BCUT2D eigenvalue weighted by molar-refractivity contribution is 7.87. The third kappa shape index (κ3) is 5.22. The molecule has 1 aliphatic heterocycles. The van der Waals surface area contributed by atoms with Crippen LogP contribution in [0.2, 0.25) is 0 Å². The lowest BCUT2D eigenvalue weighted by atomic mass is 10.2. The molecule has 0 spiro atoms. The van der Waals surface area contributed by atoms with Crippen molar-refractivity contribution in [2.24, 2.45) is 0 Å². The molecule has 2 amide bonds. The zero-order valence-electron chi connectivity index (χ0n) is 18.0. The van der Waals surface area contributed by atoms with Crippen LogP contribution in [0.4, 0.5) is 10.5 Å². The molecular formula is C22H28N2O6S. The van der Waals surface area contributed by atoms with Gasteiger partial charge in [-0.25, -0.2) is 4.79 Å². The molecule has 0 aliphatic carbocycles. The first-order chi connectivity index (χ1) is 14.9. The Hall–Kier alpha value is -2.94. The first-order valence-electron chi connectivity index (χ1n) is 10.2. The number of rotatable bonds is 10. The number of hydrogen-bond acceptors (Lipinski definition) is 6. The van der Waals surface area contributed by atoms with E-state index in [4.69, 9.17) is 13.7 Å². The van der Waals surface area contributed by atoms with Crippen molar-refractivity contribution in [3.63, 3.8) is 0 Å². The van der Waals surface area contributed by atoms with E-state index in [1.165, 1.54) is 38.5 Å². The van der Waals surface area contributed by atoms with Crippen LogP contribution in [0.5, 0.6) is 17.2 Å². The summed E-state index contributed by atoms with van der Waals surface area (Å²) in [5, 5.41) is 0. The molecule has 31 heavy (non-hydrogen) atoms. The van der Waals surface area contributed by atoms with E-state index in [1.54, 1.807) is 23.1 Å². The van der Waals surface area contributed by atoms with Gasteiger partial charge in [-0.1, -0.05) is 19.8 Å². The van der Waals surface area contributed by atoms with Gasteiger partial charge in [0.25, 0.3) is 0 Å². The number of hydrogen-bond donors (Lipinski definition) is 0. The highest BCUT2D eigenvalue weighted by atomic mass is 32.2. The van der Waals surface area contributed by atoms with Crippen LogP contribution in [0, 0.1) is 0 Å². The molecule has 8 nitrogen and oxygen atoms in total. The molecule has 9 heteroatoms. The second-order valence-electron chi connectivity index (χ2n) is 7.18. The molecule has 0 N–H and O–H groups in total. The number of ether oxygens (including phenoxy) is 2. The number of carbonyl (C=O) groups is 1. The minimum absolute atomic E-state index is 0.00233. The van der Waals surface area contributed by atoms with Crippen molar-refractivity contribution in [1.82, 2.24) is 4.90 Å². The van der Waals surface area contributed by atoms with Gasteiger partial charge in [-0.15, -0.1) is 0 Å². The van der Waals surface area contributed by atoms with Crippen molar-refractivity contribution in [2.75, 3.05) is 38.8 Å². The van der Waals surface area contributed by atoms with Crippen LogP contribution < -0.4 is 18.6 Å². The Morgan fingerprint density at radius 2 is 1.65 bits per heavy atom. The molecule has 0 radical (unpaired) electrons. The van der Waals surface area contributed by atoms with Gasteiger partial charge >= 0.3 is 16.1 Å². The van der Waals surface area contributed by atoms with Gasteiger partial charge in [0, 0.05) is 31.4 Å². The van der Waals surface area contributed by atoms with Crippen molar-refractivity contribution in [3.8, 4) is 17.2 Å². The summed E-state index contributed by atoms with van der Waals surface area (Å²) in [5.41, 5.74) is 0.660. The maximum atomic E-state index is 12.7. The third-order valence-corrected chi connectivity index (χ3v) is 6.39. The molecule has 3 rings (SSSR count). The van der Waals surface area contributed by atoms with E-state index in [9.17, 15) is 13.2 Å². The molecule has 1 aliphatic rings. The van der Waals surface area contributed by atoms with Crippen LogP contribution in [0.1, 0.15) is 26.2 Å². The zero-order valence-corrected chi connectivity index (χ0v) is 18.9. The summed E-state index contributed by atoms with van der Waals surface area (Å²) in [6.45, 7) is 4.13. The molecule has 0 aromatic heterocycles. The highest BCUT2D eigenvalue weighted by Gasteiger charge is 2.29. The predicted octanol–water partition coefficient (Wildman–Crippen LogP) is 3.90. The quantitative estimate of drug-likeness (QED) is 0.405. The number of amides is 2. The molecule has 0 unspecified atom stereocenters. The SMILES string of the molecule is CCCCCN1CCN(c2ccc(S(=O)(=O)Oc3ccc(OC)c(OC)c3)cc2)C1=O. The topological polar surface area (TPSA) is 85.4 Å². The van der Waals surface area contributed by atoms with E-state index in [1.807, 2.05) is 4.90 Å². The minimum Gasteiger partial charge on any atom is -0.493 e.